The van der Waals surface area contributed by atoms with E-state index in [-0.39, 0.29) is 18.9 Å². The van der Waals surface area contributed by atoms with Gasteiger partial charge in [-0.05, 0) is 32.9 Å². The molecular formula is C18H21N3O5. The predicted octanol–water partition coefficient (Wildman–Crippen LogP) is 2.35. The molecule has 0 saturated carbocycles. The normalized spacial score (nSPS) is 17.6. The van der Waals surface area contributed by atoms with Gasteiger partial charge in [0, 0.05) is 18.4 Å². The van der Waals surface area contributed by atoms with Gasteiger partial charge in [0.25, 0.3) is 0 Å². The molecule has 1 aromatic carbocycles. The van der Waals surface area contributed by atoms with Gasteiger partial charge in [-0.1, -0.05) is 6.07 Å². The Balaban J connectivity index is 1.96. The van der Waals surface area contributed by atoms with Crippen molar-refractivity contribution in [3.63, 3.8) is 0 Å². The lowest BCUT2D eigenvalue weighted by Crippen LogP contribution is -2.28. The van der Waals surface area contributed by atoms with Crippen LogP contribution < -0.4 is 4.90 Å². The van der Waals surface area contributed by atoms with Crippen molar-refractivity contribution in [3.8, 4) is 0 Å². The fourth-order valence-electron chi connectivity index (χ4n) is 2.99. The van der Waals surface area contributed by atoms with Gasteiger partial charge in [0.15, 0.2) is 0 Å². The summed E-state index contributed by atoms with van der Waals surface area (Å²) in [5.74, 6) is -1.07. The minimum absolute atomic E-state index is 0.100. The van der Waals surface area contributed by atoms with Crippen LogP contribution in [0, 0.1) is 5.92 Å². The van der Waals surface area contributed by atoms with E-state index < -0.39 is 23.6 Å². The van der Waals surface area contributed by atoms with Gasteiger partial charge < -0.3 is 14.4 Å². The molecule has 1 aliphatic heterocycles. The van der Waals surface area contributed by atoms with Crippen LogP contribution in [0.4, 0.5) is 10.5 Å². The topological polar surface area (TPSA) is 90.7 Å². The quantitative estimate of drug-likeness (QED) is 0.765. The first kappa shape index (κ1) is 17.9. The predicted molar refractivity (Wildman–Crippen MR) is 93.8 cm³/mol. The molecule has 2 heterocycles. The van der Waals surface area contributed by atoms with Gasteiger partial charge in [-0.3, -0.25) is 9.59 Å². The Bertz CT molecular complexity index is 881. The van der Waals surface area contributed by atoms with Crippen LogP contribution in [0.2, 0.25) is 0 Å². The zero-order valence-corrected chi connectivity index (χ0v) is 15.2. The lowest BCUT2D eigenvalue weighted by atomic mass is 10.1. The second kappa shape index (κ2) is 6.44. The molecule has 1 aliphatic rings. The van der Waals surface area contributed by atoms with Crippen molar-refractivity contribution in [1.29, 1.82) is 0 Å². The number of rotatable bonds is 2. The third-order valence-corrected chi connectivity index (χ3v) is 4.11. The van der Waals surface area contributed by atoms with E-state index in [0.29, 0.717) is 16.6 Å². The molecule has 0 radical (unpaired) electrons. The average Bonchev–Trinajstić information content (AvgIpc) is 3.16. The van der Waals surface area contributed by atoms with Crippen molar-refractivity contribution in [2.45, 2.75) is 32.8 Å². The van der Waals surface area contributed by atoms with Crippen LogP contribution in [0.15, 0.2) is 24.4 Å². The molecule has 1 fully saturated rings. The molecule has 0 aliphatic carbocycles. The van der Waals surface area contributed by atoms with Crippen LogP contribution >= 0.6 is 0 Å². The lowest BCUT2D eigenvalue weighted by molar-refractivity contribution is -0.145. The third-order valence-electron chi connectivity index (χ3n) is 4.11. The third kappa shape index (κ3) is 3.26. The fourth-order valence-corrected chi connectivity index (χ4v) is 2.99. The van der Waals surface area contributed by atoms with E-state index in [1.54, 1.807) is 39.0 Å². The maximum Gasteiger partial charge on any atom is 0.435 e. The van der Waals surface area contributed by atoms with Gasteiger partial charge in [-0.15, -0.1) is 0 Å². The lowest BCUT2D eigenvalue weighted by Gasteiger charge is -2.19. The first-order chi connectivity index (χ1) is 12.2. The summed E-state index contributed by atoms with van der Waals surface area (Å²) >= 11 is 0. The highest BCUT2D eigenvalue weighted by atomic mass is 16.6. The van der Waals surface area contributed by atoms with E-state index in [0.717, 1.165) is 0 Å². The van der Waals surface area contributed by atoms with Crippen molar-refractivity contribution in [1.82, 2.24) is 9.78 Å². The van der Waals surface area contributed by atoms with Gasteiger partial charge in [0.1, 0.15) is 5.60 Å². The van der Waals surface area contributed by atoms with Crippen molar-refractivity contribution in [3.05, 3.63) is 24.4 Å². The van der Waals surface area contributed by atoms with Gasteiger partial charge in [0.2, 0.25) is 5.91 Å². The van der Waals surface area contributed by atoms with Gasteiger partial charge in [0.05, 0.1) is 30.4 Å². The first-order valence-electron chi connectivity index (χ1n) is 8.29. The molecule has 8 heteroatoms. The molecule has 0 N–H and O–H groups in total. The molecule has 8 nitrogen and oxygen atoms in total. The zero-order valence-electron chi connectivity index (χ0n) is 15.2. The van der Waals surface area contributed by atoms with E-state index in [1.807, 2.05) is 0 Å². The largest absolute Gasteiger partial charge is 0.469 e. The minimum atomic E-state index is -0.647. The highest BCUT2D eigenvalue weighted by molar-refractivity contribution is 6.06. The summed E-state index contributed by atoms with van der Waals surface area (Å²) in [4.78, 5) is 38.0. The Kier molecular flexibility index (Phi) is 4.43. The Morgan fingerprint density at radius 2 is 2.00 bits per heavy atom. The Hall–Kier alpha value is -2.90. The summed E-state index contributed by atoms with van der Waals surface area (Å²) in [6, 6.07) is 5.23. The standard InChI is InChI=1S/C18H21N3O5/c1-18(2,3)26-17(24)21-14-7-5-6-13(12(14)9-19-21)20-10-11(8-15(20)22)16(23)25-4/h5-7,9,11H,8,10H2,1-4H3. The van der Waals surface area contributed by atoms with Crippen molar-refractivity contribution in [2.75, 3.05) is 18.6 Å². The summed E-state index contributed by atoms with van der Waals surface area (Å²) in [7, 11) is 1.31. The fraction of sp³-hybridized carbons (Fsp3) is 0.444. The molecule has 0 bridgehead atoms. The number of carbonyl (C=O) groups is 3. The molecule has 26 heavy (non-hydrogen) atoms. The number of ether oxygens (including phenoxy) is 2. The molecule has 1 aromatic heterocycles. The van der Waals surface area contributed by atoms with E-state index in [1.165, 1.54) is 22.9 Å². The summed E-state index contributed by atoms with van der Waals surface area (Å²) in [5, 5.41) is 4.76. The molecule has 1 unspecified atom stereocenters. The molecule has 138 valence electrons. The average molecular weight is 359 g/mol. The van der Waals surface area contributed by atoms with Crippen LogP contribution in [-0.4, -0.2) is 47.0 Å². The smallest absolute Gasteiger partial charge is 0.435 e. The number of fused-ring (bicyclic) bond motifs is 1. The van der Waals surface area contributed by atoms with Crippen LogP contribution in [-0.2, 0) is 19.1 Å². The molecule has 2 aromatic rings. The van der Waals surface area contributed by atoms with Gasteiger partial charge in [-0.2, -0.15) is 9.78 Å². The van der Waals surface area contributed by atoms with E-state index in [9.17, 15) is 14.4 Å². The van der Waals surface area contributed by atoms with E-state index in [2.05, 4.69) is 5.10 Å². The number of hydrogen-bond donors (Lipinski definition) is 0. The van der Waals surface area contributed by atoms with Crippen LogP contribution in [0.1, 0.15) is 27.2 Å². The molecule has 1 amide bonds. The van der Waals surface area contributed by atoms with Crippen molar-refractivity contribution < 1.29 is 23.9 Å². The zero-order chi connectivity index (χ0) is 19.1. The second-order valence-electron chi connectivity index (χ2n) is 7.18. The van der Waals surface area contributed by atoms with E-state index in [4.69, 9.17) is 9.47 Å². The summed E-state index contributed by atoms with van der Waals surface area (Å²) in [6.45, 7) is 5.57. The van der Waals surface area contributed by atoms with Crippen LogP contribution in [0.5, 0.6) is 0 Å². The minimum Gasteiger partial charge on any atom is -0.469 e. The molecule has 3 rings (SSSR count). The second-order valence-corrected chi connectivity index (χ2v) is 7.18. The number of esters is 1. The number of anilines is 1. The van der Waals surface area contributed by atoms with Crippen LogP contribution in [0.25, 0.3) is 10.9 Å². The van der Waals surface area contributed by atoms with Crippen LogP contribution in [0.3, 0.4) is 0 Å². The number of aromatic nitrogens is 2. The monoisotopic (exact) mass is 359 g/mol. The highest BCUT2D eigenvalue weighted by Crippen LogP contribution is 2.32. The Morgan fingerprint density at radius 3 is 2.65 bits per heavy atom. The number of nitrogens with zero attached hydrogens (tertiary/aromatic N) is 3. The SMILES string of the molecule is COC(=O)C1CC(=O)N(c2cccc3c2cnn3C(=O)OC(C)(C)C)C1. The summed E-state index contributed by atoms with van der Waals surface area (Å²) < 4.78 is 11.3. The molecule has 1 saturated heterocycles. The number of methoxy groups -OCH3 is 1. The van der Waals surface area contributed by atoms with Gasteiger partial charge in [-0.25, -0.2) is 4.79 Å². The number of benzene rings is 1. The van der Waals surface area contributed by atoms with E-state index >= 15 is 0 Å². The number of amides is 1. The van der Waals surface area contributed by atoms with Crippen molar-refractivity contribution in [2.24, 2.45) is 5.92 Å². The number of hydrogen-bond acceptors (Lipinski definition) is 6. The first-order valence-corrected chi connectivity index (χ1v) is 8.29. The molecule has 0 spiro atoms. The molecule has 1 atom stereocenters. The maximum atomic E-state index is 12.4. The summed E-state index contributed by atoms with van der Waals surface area (Å²) in [6.07, 6.45) is 1.03. The number of carbonyl (C=O) groups excluding carboxylic acids is 3. The maximum absolute atomic E-state index is 12.4. The highest BCUT2D eigenvalue weighted by Gasteiger charge is 2.36. The Labute approximate surface area is 150 Å². The van der Waals surface area contributed by atoms with Crippen molar-refractivity contribution >= 4 is 34.6 Å². The molecular weight excluding hydrogens is 338 g/mol. The Morgan fingerprint density at radius 1 is 1.27 bits per heavy atom. The van der Waals surface area contributed by atoms with Gasteiger partial charge >= 0.3 is 12.1 Å². The summed E-state index contributed by atoms with van der Waals surface area (Å²) in [5.41, 5.74) is 0.491.